The molecule has 0 atom stereocenters. The Hall–Kier alpha value is -2.15. The van der Waals surface area contributed by atoms with Gasteiger partial charge in [-0.1, -0.05) is 0 Å². The summed E-state index contributed by atoms with van der Waals surface area (Å²) >= 11 is 3.05. The number of ether oxygens (including phenoxy) is 2. The van der Waals surface area contributed by atoms with Crippen molar-refractivity contribution in [1.29, 1.82) is 0 Å². The number of non-ortho nitro benzene ring substituents is 1. The fourth-order valence-corrected chi connectivity index (χ4v) is 1.97. The molecular weight excluding hydrogens is 345 g/mol. The Morgan fingerprint density at radius 1 is 1.29 bits per heavy atom. The minimum atomic E-state index is -0.498. The van der Waals surface area contributed by atoms with Crippen molar-refractivity contribution in [2.24, 2.45) is 0 Å². The SMILES string of the molecule is COc1ccc([N+](=O)[O-])cc1COc1ccc(Br)c(F)c1. The first kappa shape index (κ1) is 15.2. The molecule has 0 N–H and O–H groups in total. The van der Waals surface area contributed by atoms with Crippen LogP contribution in [0.3, 0.4) is 0 Å². The molecule has 0 aliphatic heterocycles. The summed E-state index contributed by atoms with van der Waals surface area (Å²) < 4.78 is 24.3. The maximum absolute atomic E-state index is 13.4. The molecule has 0 heterocycles. The largest absolute Gasteiger partial charge is 0.496 e. The van der Waals surface area contributed by atoms with E-state index in [2.05, 4.69) is 15.9 Å². The minimum absolute atomic E-state index is 0.0337. The van der Waals surface area contributed by atoms with E-state index in [1.807, 2.05) is 0 Å². The lowest BCUT2D eigenvalue weighted by Crippen LogP contribution is -2.00. The van der Waals surface area contributed by atoms with Gasteiger partial charge >= 0.3 is 0 Å². The molecular formula is C14H11BrFNO4. The number of methoxy groups -OCH3 is 1. The Morgan fingerprint density at radius 3 is 2.67 bits per heavy atom. The zero-order valence-electron chi connectivity index (χ0n) is 11.0. The molecule has 2 rings (SSSR count). The summed E-state index contributed by atoms with van der Waals surface area (Å²) in [7, 11) is 1.46. The number of hydrogen-bond donors (Lipinski definition) is 0. The molecule has 0 aliphatic carbocycles. The average molecular weight is 356 g/mol. The van der Waals surface area contributed by atoms with E-state index in [1.165, 1.54) is 37.4 Å². The smallest absolute Gasteiger partial charge is 0.270 e. The molecule has 0 saturated carbocycles. The van der Waals surface area contributed by atoms with Crippen LogP contribution >= 0.6 is 15.9 Å². The predicted molar refractivity (Wildman–Crippen MR) is 78.1 cm³/mol. The van der Waals surface area contributed by atoms with Crippen LogP contribution in [0.4, 0.5) is 10.1 Å². The topological polar surface area (TPSA) is 61.6 Å². The van der Waals surface area contributed by atoms with Crippen molar-refractivity contribution in [3.63, 3.8) is 0 Å². The van der Waals surface area contributed by atoms with Gasteiger partial charge in [-0.05, 0) is 34.1 Å². The average Bonchev–Trinajstić information content (AvgIpc) is 2.48. The number of nitrogens with zero attached hydrogens (tertiary/aromatic N) is 1. The fraction of sp³-hybridized carbons (Fsp3) is 0.143. The van der Waals surface area contributed by atoms with Gasteiger partial charge in [-0.25, -0.2) is 4.39 Å². The minimum Gasteiger partial charge on any atom is -0.496 e. The van der Waals surface area contributed by atoms with Crippen molar-refractivity contribution in [1.82, 2.24) is 0 Å². The lowest BCUT2D eigenvalue weighted by Gasteiger charge is -2.10. The molecule has 7 heteroatoms. The van der Waals surface area contributed by atoms with Gasteiger partial charge in [0.05, 0.1) is 16.5 Å². The first-order chi connectivity index (χ1) is 10.0. The van der Waals surface area contributed by atoms with E-state index in [9.17, 15) is 14.5 Å². The van der Waals surface area contributed by atoms with E-state index in [0.717, 1.165) is 0 Å². The molecule has 0 radical (unpaired) electrons. The molecule has 21 heavy (non-hydrogen) atoms. The standard InChI is InChI=1S/C14H11BrFNO4/c1-20-14-5-2-10(17(18)19)6-9(14)8-21-11-3-4-12(15)13(16)7-11/h2-7H,8H2,1H3. The van der Waals surface area contributed by atoms with Crippen molar-refractivity contribution < 1.29 is 18.8 Å². The molecule has 0 bridgehead atoms. The Labute approximate surface area is 128 Å². The van der Waals surface area contributed by atoms with E-state index < -0.39 is 10.7 Å². The van der Waals surface area contributed by atoms with Gasteiger partial charge in [-0.3, -0.25) is 10.1 Å². The van der Waals surface area contributed by atoms with Crippen LogP contribution in [0, 0.1) is 15.9 Å². The number of hydrogen-bond acceptors (Lipinski definition) is 4. The monoisotopic (exact) mass is 355 g/mol. The number of rotatable bonds is 5. The third-order valence-electron chi connectivity index (χ3n) is 2.76. The highest BCUT2D eigenvalue weighted by Crippen LogP contribution is 2.26. The van der Waals surface area contributed by atoms with Crippen LogP contribution in [0.15, 0.2) is 40.9 Å². The fourth-order valence-electron chi connectivity index (χ4n) is 1.72. The normalized spacial score (nSPS) is 10.2. The van der Waals surface area contributed by atoms with Crippen LogP contribution in [-0.4, -0.2) is 12.0 Å². The summed E-state index contributed by atoms with van der Waals surface area (Å²) in [6, 6.07) is 8.56. The Morgan fingerprint density at radius 2 is 2.05 bits per heavy atom. The van der Waals surface area contributed by atoms with Crippen LogP contribution in [0.2, 0.25) is 0 Å². The quantitative estimate of drug-likeness (QED) is 0.598. The zero-order chi connectivity index (χ0) is 15.4. The molecule has 0 amide bonds. The molecule has 0 aromatic heterocycles. The maximum atomic E-state index is 13.4. The van der Waals surface area contributed by atoms with E-state index in [4.69, 9.17) is 9.47 Å². The summed E-state index contributed by atoms with van der Waals surface area (Å²) in [5, 5.41) is 10.8. The molecule has 0 aliphatic rings. The van der Waals surface area contributed by atoms with Crippen LogP contribution in [0.25, 0.3) is 0 Å². The highest BCUT2D eigenvalue weighted by atomic mass is 79.9. The summed E-state index contributed by atoms with van der Waals surface area (Å²) in [4.78, 5) is 10.3. The third kappa shape index (κ3) is 3.69. The second-order valence-corrected chi connectivity index (χ2v) is 4.97. The highest BCUT2D eigenvalue weighted by Gasteiger charge is 2.12. The first-order valence-corrected chi connectivity index (χ1v) is 6.69. The Bertz CT molecular complexity index is 678. The zero-order valence-corrected chi connectivity index (χ0v) is 12.6. The molecule has 0 unspecified atom stereocenters. The van der Waals surface area contributed by atoms with E-state index in [0.29, 0.717) is 21.5 Å². The summed E-state index contributed by atoms with van der Waals surface area (Å²) in [6.07, 6.45) is 0. The van der Waals surface area contributed by atoms with Crippen molar-refractivity contribution in [3.05, 3.63) is 62.4 Å². The number of halogens is 2. The van der Waals surface area contributed by atoms with Gasteiger partial charge in [0.2, 0.25) is 0 Å². The molecule has 110 valence electrons. The van der Waals surface area contributed by atoms with Gasteiger partial charge in [0.15, 0.2) is 0 Å². The van der Waals surface area contributed by atoms with Crippen LogP contribution in [0.1, 0.15) is 5.56 Å². The van der Waals surface area contributed by atoms with Gasteiger partial charge in [-0.15, -0.1) is 0 Å². The number of nitro groups is 1. The highest BCUT2D eigenvalue weighted by molar-refractivity contribution is 9.10. The molecule has 0 spiro atoms. The molecule has 5 nitrogen and oxygen atoms in total. The Balaban J connectivity index is 2.19. The van der Waals surface area contributed by atoms with Gasteiger partial charge in [0.1, 0.15) is 23.9 Å². The molecule has 2 aromatic carbocycles. The second-order valence-electron chi connectivity index (χ2n) is 4.12. The summed E-state index contributed by atoms with van der Waals surface area (Å²) in [5.74, 6) is 0.348. The van der Waals surface area contributed by atoms with Crippen LogP contribution < -0.4 is 9.47 Å². The summed E-state index contributed by atoms with van der Waals surface area (Å²) in [6.45, 7) is 0.0337. The molecule has 2 aromatic rings. The van der Waals surface area contributed by atoms with Gasteiger partial charge in [0.25, 0.3) is 5.69 Å². The van der Waals surface area contributed by atoms with Crippen LogP contribution in [-0.2, 0) is 6.61 Å². The van der Waals surface area contributed by atoms with Crippen molar-refractivity contribution >= 4 is 21.6 Å². The number of nitro benzene ring substituents is 1. The lowest BCUT2D eigenvalue weighted by atomic mass is 10.2. The van der Waals surface area contributed by atoms with Crippen LogP contribution in [0.5, 0.6) is 11.5 Å². The lowest BCUT2D eigenvalue weighted by molar-refractivity contribution is -0.385. The Kier molecular flexibility index (Phi) is 4.74. The first-order valence-electron chi connectivity index (χ1n) is 5.90. The third-order valence-corrected chi connectivity index (χ3v) is 3.40. The predicted octanol–water partition coefficient (Wildman–Crippen LogP) is 4.08. The van der Waals surface area contributed by atoms with Crippen molar-refractivity contribution in [3.8, 4) is 11.5 Å². The van der Waals surface area contributed by atoms with Gasteiger partial charge < -0.3 is 9.47 Å². The van der Waals surface area contributed by atoms with Crippen molar-refractivity contribution in [2.45, 2.75) is 6.61 Å². The molecule has 0 saturated heterocycles. The van der Waals surface area contributed by atoms with E-state index >= 15 is 0 Å². The second kappa shape index (κ2) is 6.53. The maximum Gasteiger partial charge on any atom is 0.270 e. The number of benzene rings is 2. The summed E-state index contributed by atoms with van der Waals surface area (Å²) in [5.41, 5.74) is 0.450. The van der Waals surface area contributed by atoms with E-state index in [-0.39, 0.29) is 12.3 Å². The van der Waals surface area contributed by atoms with Gasteiger partial charge in [-0.2, -0.15) is 0 Å². The van der Waals surface area contributed by atoms with Crippen molar-refractivity contribution in [2.75, 3.05) is 7.11 Å². The molecule has 0 fully saturated rings. The van der Waals surface area contributed by atoms with Gasteiger partial charge in [0, 0.05) is 23.8 Å². The van der Waals surface area contributed by atoms with E-state index in [1.54, 1.807) is 6.07 Å².